The number of halogens is 2. The van der Waals surface area contributed by atoms with Crippen LogP contribution in [-0.2, 0) is 0 Å². The Bertz CT molecular complexity index is 956. The smallest absolute Gasteiger partial charge is 0.298 e. The number of imidazole rings is 1. The number of benzene rings is 1. The van der Waals surface area contributed by atoms with Crippen LogP contribution in [0.1, 0.15) is 28.2 Å². The summed E-state index contributed by atoms with van der Waals surface area (Å²) in [7, 11) is 0. The molecule has 0 aliphatic carbocycles. The van der Waals surface area contributed by atoms with Crippen molar-refractivity contribution in [3.05, 3.63) is 53.5 Å². The molecule has 0 saturated heterocycles. The molecule has 1 amide bonds. The number of carbonyl (C=O) groups is 1. The van der Waals surface area contributed by atoms with Crippen molar-refractivity contribution in [3.63, 3.8) is 0 Å². The molecule has 1 N–H and O–H groups in total. The van der Waals surface area contributed by atoms with Gasteiger partial charge in [0, 0.05) is 18.0 Å². The third-order valence-corrected chi connectivity index (χ3v) is 4.44. The Morgan fingerprint density at radius 1 is 1.36 bits per heavy atom. The molecule has 3 rings (SSSR count). The summed E-state index contributed by atoms with van der Waals surface area (Å²) in [6.45, 7) is -1.05. The molecule has 2 heterocycles. The maximum Gasteiger partial charge on any atom is 0.320 e. The maximum absolute atomic E-state index is 13.0. The number of hydrogen-bond acceptors (Lipinski definition) is 5. The van der Waals surface area contributed by atoms with Gasteiger partial charge in [-0.1, -0.05) is 11.3 Å². The van der Waals surface area contributed by atoms with Crippen LogP contribution in [0.15, 0.2) is 36.7 Å². The van der Waals surface area contributed by atoms with E-state index in [1.54, 1.807) is 6.92 Å². The SMILES string of the molecule is Cc1nc(NC(=O)c2ccc(C#N)cc2)sc1-c1nccn1C(F)F. The van der Waals surface area contributed by atoms with Crippen LogP contribution in [0.4, 0.5) is 13.9 Å². The molecule has 6 nitrogen and oxygen atoms in total. The zero-order valence-corrected chi connectivity index (χ0v) is 13.7. The Hall–Kier alpha value is -3.12. The van der Waals surface area contributed by atoms with E-state index in [0.29, 0.717) is 21.7 Å². The molecule has 0 aliphatic rings. The number of thiazole rings is 1. The van der Waals surface area contributed by atoms with E-state index in [1.807, 2.05) is 6.07 Å². The fourth-order valence-corrected chi connectivity index (χ4v) is 3.13. The number of rotatable bonds is 4. The van der Waals surface area contributed by atoms with Crippen LogP contribution in [0.3, 0.4) is 0 Å². The second-order valence-corrected chi connectivity index (χ2v) is 6.01. The minimum Gasteiger partial charge on any atom is -0.298 e. The highest BCUT2D eigenvalue weighted by atomic mass is 32.1. The molecule has 0 radical (unpaired) electrons. The van der Waals surface area contributed by atoms with Gasteiger partial charge in [0.05, 0.1) is 22.2 Å². The summed E-state index contributed by atoms with van der Waals surface area (Å²) >= 11 is 1.07. The summed E-state index contributed by atoms with van der Waals surface area (Å²) in [5, 5.41) is 11.7. The predicted molar refractivity (Wildman–Crippen MR) is 88.4 cm³/mol. The van der Waals surface area contributed by atoms with Gasteiger partial charge in [0.2, 0.25) is 0 Å². The van der Waals surface area contributed by atoms with Crippen LogP contribution in [-0.4, -0.2) is 20.4 Å². The number of hydrogen-bond donors (Lipinski definition) is 1. The van der Waals surface area contributed by atoms with Gasteiger partial charge in [-0.2, -0.15) is 14.0 Å². The van der Waals surface area contributed by atoms with Gasteiger partial charge in [0.15, 0.2) is 11.0 Å². The summed E-state index contributed by atoms with van der Waals surface area (Å²) in [6, 6.07) is 8.09. The molecular formula is C16H11F2N5OS. The topological polar surface area (TPSA) is 83.6 Å². The third-order valence-electron chi connectivity index (χ3n) is 3.38. The van der Waals surface area contributed by atoms with Crippen molar-refractivity contribution in [2.75, 3.05) is 5.32 Å². The number of aromatic nitrogens is 3. The summed E-state index contributed by atoms with van der Waals surface area (Å²) < 4.78 is 26.7. The van der Waals surface area contributed by atoms with Crippen LogP contribution in [0.25, 0.3) is 10.7 Å². The number of amides is 1. The van der Waals surface area contributed by atoms with Gasteiger partial charge in [0.1, 0.15) is 0 Å². The van der Waals surface area contributed by atoms with Crippen LogP contribution < -0.4 is 5.32 Å². The second-order valence-electron chi connectivity index (χ2n) is 5.01. The molecule has 0 atom stereocenters. The second kappa shape index (κ2) is 6.78. The van der Waals surface area contributed by atoms with Gasteiger partial charge in [-0.25, -0.2) is 9.97 Å². The van der Waals surface area contributed by atoms with Gasteiger partial charge in [-0.05, 0) is 31.2 Å². The number of nitrogens with zero attached hydrogens (tertiary/aromatic N) is 4. The van der Waals surface area contributed by atoms with Gasteiger partial charge >= 0.3 is 6.55 Å². The number of anilines is 1. The quantitative estimate of drug-likeness (QED) is 0.767. The molecular weight excluding hydrogens is 348 g/mol. The van der Waals surface area contributed by atoms with E-state index in [-0.39, 0.29) is 11.0 Å². The molecule has 25 heavy (non-hydrogen) atoms. The van der Waals surface area contributed by atoms with E-state index < -0.39 is 12.5 Å². The summed E-state index contributed by atoms with van der Waals surface area (Å²) in [6.07, 6.45) is 2.48. The zero-order valence-electron chi connectivity index (χ0n) is 12.9. The molecule has 0 fully saturated rings. The molecule has 9 heteroatoms. The first kappa shape index (κ1) is 16.7. The summed E-state index contributed by atoms with van der Waals surface area (Å²) in [5.41, 5.74) is 1.30. The van der Waals surface area contributed by atoms with Crippen LogP contribution in [0, 0.1) is 18.3 Å². The fraction of sp³-hybridized carbons (Fsp3) is 0.125. The Morgan fingerprint density at radius 3 is 2.72 bits per heavy atom. The first-order valence-electron chi connectivity index (χ1n) is 7.10. The Labute approximate surface area is 145 Å². The van der Waals surface area contributed by atoms with E-state index in [2.05, 4.69) is 15.3 Å². The Morgan fingerprint density at radius 2 is 2.08 bits per heavy atom. The summed E-state index contributed by atoms with van der Waals surface area (Å²) in [4.78, 5) is 20.8. The van der Waals surface area contributed by atoms with E-state index in [0.717, 1.165) is 15.9 Å². The molecule has 3 aromatic rings. The number of aryl methyl sites for hydroxylation is 1. The zero-order chi connectivity index (χ0) is 18.0. The minimum atomic E-state index is -2.71. The lowest BCUT2D eigenvalue weighted by atomic mass is 10.1. The maximum atomic E-state index is 13.0. The van der Waals surface area contributed by atoms with E-state index >= 15 is 0 Å². The number of nitriles is 1. The monoisotopic (exact) mass is 359 g/mol. The minimum absolute atomic E-state index is 0.101. The molecule has 2 aromatic heterocycles. The molecule has 1 aromatic carbocycles. The van der Waals surface area contributed by atoms with Crippen molar-refractivity contribution < 1.29 is 13.6 Å². The fourth-order valence-electron chi connectivity index (χ4n) is 2.17. The number of alkyl halides is 2. The van der Waals surface area contributed by atoms with Crippen molar-refractivity contribution in [2.45, 2.75) is 13.5 Å². The molecule has 0 saturated carbocycles. The van der Waals surface area contributed by atoms with Crippen LogP contribution in [0.5, 0.6) is 0 Å². The van der Waals surface area contributed by atoms with Crippen LogP contribution in [0.2, 0.25) is 0 Å². The normalized spacial score (nSPS) is 10.7. The van der Waals surface area contributed by atoms with Crippen molar-refractivity contribution in [1.82, 2.24) is 14.5 Å². The van der Waals surface area contributed by atoms with Crippen molar-refractivity contribution in [2.24, 2.45) is 0 Å². The molecule has 0 spiro atoms. The summed E-state index contributed by atoms with van der Waals surface area (Å²) in [5.74, 6) is -0.300. The van der Waals surface area contributed by atoms with E-state index in [9.17, 15) is 13.6 Å². The van der Waals surface area contributed by atoms with Gasteiger partial charge < -0.3 is 0 Å². The molecule has 0 aliphatic heterocycles. The molecule has 126 valence electrons. The largest absolute Gasteiger partial charge is 0.320 e. The average molecular weight is 359 g/mol. The lowest BCUT2D eigenvalue weighted by Gasteiger charge is -2.04. The van der Waals surface area contributed by atoms with Crippen LogP contribution >= 0.6 is 11.3 Å². The molecule has 0 unspecified atom stereocenters. The highest BCUT2D eigenvalue weighted by Gasteiger charge is 2.19. The average Bonchev–Trinajstić information content (AvgIpc) is 3.21. The van der Waals surface area contributed by atoms with Crippen molar-refractivity contribution in [3.8, 4) is 16.8 Å². The van der Waals surface area contributed by atoms with Crippen molar-refractivity contribution >= 4 is 22.4 Å². The van der Waals surface area contributed by atoms with Crippen molar-refractivity contribution in [1.29, 1.82) is 5.26 Å². The highest BCUT2D eigenvalue weighted by Crippen LogP contribution is 2.33. The Kier molecular flexibility index (Phi) is 4.54. The lowest BCUT2D eigenvalue weighted by Crippen LogP contribution is -2.11. The number of nitrogens with one attached hydrogen (secondary N) is 1. The van der Waals surface area contributed by atoms with Gasteiger partial charge in [-0.15, -0.1) is 0 Å². The molecule has 0 bridgehead atoms. The number of carbonyl (C=O) groups excluding carboxylic acids is 1. The van der Waals surface area contributed by atoms with Gasteiger partial charge in [0.25, 0.3) is 5.91 Å². The van der Waals surface area contributed by atoms with E-state index in [1.165, 1.54) is 36.7 Å². The standard InChI is InChI=1S/C16H11F2N5OS/c1-9-12(13-20-6-7-23(13)15(17)18)25-16(21-9)22-14(24)11-4-2-10(8-19)3-5-11/h2-7,15H,1H3,(H,21,22,24). The third kappa shape index (κ3) is 3.39. The predicted octanol–water partition coefficient (Wildman–Crippen LogP) is 3.83. The van der Waals surface area contributed by atoms with Gasteiger partial charge in [-0.3, -0.25) is 14.7 Å². The lowest BCUT2D eigenvalue weighted by molar-refractivity contribution is 0.0720. The van der Waals surface area contributed by atoms with E-state index in [4.69, 9.17) is 5.26 Å². The first-order valence-corrected chi connectivity index (χ1v) is 7.91. The highest BCUT2D eigenvalue weighted by molar-refractivity contribution is 7.19. The Balaban J connectivity index is 1.84. The first-order chi connectivity index (χ1) is 12.0.